The molecule has 2 aromatic rings. The number of aromatic hydroxyl groups is 1. The first-order valence-electron chi connectivity index (χ1n) is 8.73. The molecule has 2 amide bonds. The van der Waals surface area contributed by atoms with E-state index in [1.807, 2.05) is 0 Å². The van der Waals surface area contributed by atoms with E-state index in [2.05, 4.69) is 47.5 Å². The maximum Gasteiger partial charge on any atom is 0.305 e. The van der Waals surface area contributed by atoms with Gasteiger partial charge in [0.25, 0.3) is 5.91 Å². The molecule has 1 unspecified atom stereocenters. The van der Waals surface area contributed by atoms with Crippen LogP contribution in [0.4, 0.5) is 5.69 Å². The molecule has 12 heteroatoms. The molecule has 8 N–H and O–H groups in total. The van der Waals surface area contributed by atoms with Gasteiger partial charge in [0.1, 0.15) is 5.75 Å². The second-order valence-electron chi connectivity index (χ2n) is 6.31. The van der Waals surface area contributed by atoms with Gasteiger partial charge in [0.2, 0.25) is 5.91 Å². The number of guanidine groups is 1. The lowest BCUT2D eigenvalue weighted by molar-refractivity contribution is -0.137. The maximum atomic E-state index is 12.4. The summed E-state index contributed by atoms with van der Waals surface area (Å²) in [7, 11) is 0. The highest BCUT2D eigenvalue weighted by atomic mass is 79.9. The van der Waals surface area contributed by atoms with Crippen molar-refractivity contribution >= 4 is 61.3 Å². The number of nitrogens with two attached hydrogens (primary N) is 2. The molecule has 0 spiro atoms. The van der Waals surface area contributed by atoms with Gasteiger partial charge in [0, 0.05) is 15.6 Å². The molecular formula is C19H19Br2N5O5. The minimum absolute atomic E-state index is 0.163. The van der Waals surface area contributed by atoms with Crippen LogP contribution in [0.3, 0.4) is 0 Å². The smallest absolute Gasteiger partial charge is 0.305 e. The molecule has 0 radical (unpaired) electrons. The van der Waals surface area contributed by atoms with Gasteiger partial charge < -0.3 is 32.3 Å². The third-order valence-corrected chi connectivity index (χ3v) is 4.99. The topological polar surface area (TPSA) is 180 Å². The predicted molar refractivity (Wildman–Crippen MR) is 121 cm³/mol. The third kappa shape index (κ3) is 7.26. The van der Waals surface area contributed by atoms with E-state index in [0.29, 0.717) is 14.6 Å². The van der Waals surface area contributed by atoms with Gasteiger partial charge in [-0.25, -0.2) is 4.99 Å². The number of aliphatic carboxylic acids is 1. The number of rotatable bonds is 8. The summed E-state index contributed by atoms with van der Waals surface area (Å²) in [5, 5.41) is 24.4. The number of hydrogen-bond acceptors (Lipinski definition) is 5. The van der Waals surface area contributed by atoms with Crippen molar-refractivity contribution in [1.82, 2.24) is 10.6 Å². The lowest BCUT2D eigenvalue weighted by Gasteiger charge is -2.20. The Balaban J connectivity index is 2.09. The van der Waals surface area contributed by atoms with Crippen LogP contribution in [0.2, 0.25) is 0 Å². The highest BCUT2D eigenvalue weighted by Gasteiger charge is 2.23. The van der Waals surface area contributed by atoms with Crippen molar-refractivity contribution in [3.8, 4) is 5.75 Å². The first kappa shape index (κ1) is 24.2. The molecular weight excluding hydrogens is 538 g/mol. The molecule has 0 aliphatic rings. The van der Waals surface area contributed by atoms with Crippen LogP contribution in [0.5, 0.6) is 5.75 Å². The van der Waals surface area contributed by atoms with E-state index in [1.54, 1.807) is 18.2 Å². The molecule has 0 bridgehead atoms. The van der Waals surface area contributed by atoms with Crippen molar-refractivity contribution in [2.45, 2.75) is 12.5 Å². The van der Waals surface area contributed by atoms with Gasteiger partial charge in [-0.1, -0.05) is 22.0 Å². The van der Waals surface area contributed by atoms with E-state index in [-0.39, 0.29) is 22.8 Å². The molecule has 0 heterocycles. The molecule has 0 aliphatic heterocycles. The lowest BCUT2D eigenvalue weighted by Crippen LogP contribution is -2.39. The number of amides is 2. The Bertz CT molecular complexity index is 1040. The molecule has 0 aromatic heterocycles. The summed E-state index contributed by atoms with van der Waals surface area (Å²) in [6, 6.07) is 8.19. The van der Waals surface area contributed by atoms with Crippen LogP contribution in [-0.2, 0) is 9.59 Å². The van der Waals surface area contributed by atoms with Gasteiger partial charge in [0.05, 0.1) is 29.2 Å². The number of carbonyl (C=O) groups excluding carboxylic acids is 2. The molecule has 164 valence electrons. The van der Waals surface area contributed by atoms with Gasteiger partial charge in [-0.3, -0.25) is 14.4 Å². The summed E-state index contributed by atoms with van der Waals surface area (Å²) in [4.78, 5) is 39.8. The Hall–Kier alpha value is -3.12. The molecule has 0 saturated heterocycles. The van der Waals surface area contributed by atoms with E-state index in [9.17, 15) is 24.6 Å². The van der Waals surface area contributed by atoms with Gasteiger partial charge in [-0.05, 0) is 46.3 Å². The highest BCUT2D eigenvalue weighted by molar-refractivity contribution is 9.11. The minimum atomic E-state index is -1.18. The van der Waals surface area contributed by atoms with Crippen LogP contribution in [0.15, 0.2) is 50.3 Å². The molecule has 2 rings (SSSR count). The van der Waals surface area contributed by atoms with E-state index >= 15 is 0 Å². The first-order chi connectivity index (χ1) is 14.6. The van der Waals surface area contributed by atoms with Crippen LogP contribution in [0, 0.1) is 0 Å². The number of halogens is 2. The Morgan fingerprint density at radius 1 is 1.13 bits per heavy atom. The molecule has 1 atom stereocenters. The number of nitrogens with one attached hydrogen (secondary N) is 2. The number of nitrogens with zero attached hydrogens (tertiary/aromatic N) is 1. The van der Waals surface area contributed by atoms with Gasteiger partial charge in [-0.15, -0.1) is 0 Å². The van der Waals surface area contributed by atoms with Crippen LogP contribution < -0.4 is 22.1 Å². The maximum absolute atomic E-state index is 12.4. The largest absolute Gasteiger partial charge is 0.506 e. The molecule has 0 fully saturated rings. The summed E-state index contributed by atoms with van der Waals surface area (Å²) in [5.74, 6) is -2.73. The van der Waals surface area contributed by atoms with Crippen LogP contribution in [0.25, 0.3) is 0 Å². The first-order valence-corrected chi connectivity index (χ1v) is 10.3. The van der Waals surface area contributed by atoms with Crippen molar-refractivity contribution in [3.05, 3.63) is 56.5 Å². The van der Waals surface area contributed by atoms with E-state index in [4.69, 9.17) is 11.5 Å². The van der Waals surface area contributed by atoms with Crippen molar-refractivity contribution < 1.29 is 24.6 Å². The number of benzene rings is 2. The second kappa shape index (κ2) is 10.8. The second-order valence-corrected chi connectivity index (χ2v) is 8.08. The summed E-state index contributed by atoms with van der Waals surface area (Å²) < 4.78 is 0.904. The summed E-state index contributed by atoms with van der Waals surface area (Å²) in [6.45, 7) is -0.419. The van der Waals surface area contributed by atoms with Crippen LogP contribution in [0.1, 0.15) is 28.4 Å². The number of aliphatic imine (C=N–C) groups is 1. The fourth-order valence-electron chi connectivity index (χ4n) is 2.64. The minimum Gasteiger partial charge on any atom is -0.506 e. The number of phenols is 1. The Labute approximate surface area is 194 Å². The standard InChI is InChI=1S/C19H19Br2N5O5/c20-10-5-12(17(30)13(21)6-10)14(7-16(28)29)26-15(27)8-24-18(31)9-2-1-3-11(4-9)25-19(22)23/h1-6,14,30H,7-8H2,(H,24,31)(H,26,27)(H,28,29)(H4,22,23,25). The average molecular weight is 557 g/mol. The Kier molecular flexibility index (Phi) is 8.39. The van der Waals surface area contributed by atoms with Crippen molar-refractivity contribution in [2.75, 3.05) is 6.54 Å². The molecule has 10 nitrogen and oxygen atoms in total. The van der Waals surface area contributed by atoms with Crippen molar-refractivity contribution in [1.29, 1.82) is 0 Å². The normalized spacial score (nSPS) is 11.3. The highest BCUT2D eigenvalue weighted by Crippen LogP contribution is 2.36. The predicted octanol–water partition coefficient (Wildman–Crippen LogP) is 1.88. The molecule has 0 aliphatic carbocycles. The average Bonchev–Trinajstić information content (AvgIpc) is 2.67. The fraction of sp³-hybridized carbons (Fsp3) is 0.158. The van der Waals surface area contributed by atoms with Gasteiger partial charge in [-0.2, -0.15) is 0 Å². The number of phenolic OH excluding ortho intramolecular Hbond substituents is 1. The molecule has 0 saturated carbocycles. The number of carboxylic acids is 1. The fourth-order valence-corrected chi connectivity index (χ4v) is 3.90. The lowest BCUT2D eigenvalue weighted by atomic mass is 10.0. The van der Waals surface area contributed by atoms with Gasteiger partial charge in [0.15, 0.2) is 5.96 Å². The zero-order valence-electron chi connectivity index (χ0n) is 15.9. The van der Waals surface area contributed by atoms with E-state index < -0.39 is 36.8 Å². The monoisotopic (exact) mass is 555 g/mol. The van der Waals surface area contributed by atoms with Crippen LogP contribution >= 0.6 is 31.9 Å². The summed E-state index contributed by atoms with van der Waals surface area (Å²) in [6.07, 6.45) is -0.475. The van der Waals surface area contributed by atoms with Gasteiger partial charge >= 0.3 is 5.97 Å². The quantitative estimate of drug-likeness (QED) is 0.212. The third-order valence-electron chi connectivity index (χ3n) is 3.92. The van der Waals surface area contributed by atoms with Crippen molar-refractivity contribution in [3.63, 3.8) is 0 Å². The number of hydrogen-bond donors (Lipinski definition) is 6. The zero-order valence-corrected chi connectivity index (χ0v) is 19.1. The summed E-state index contributed by atoms with van der Waals surface area (Å²) >= 11 is 6.43. The van der Waals surface area contributed by atoms with Crippen LogP contribution in [-0.4, -0.2) is 40.5 Å². The SMILES string of the molecule is NC(N)=Nc1cccc(C(=O)NCC(=O)NC(CC(=O)O)c2cc(Br)cc(Br)c2O)c1. The van der Waals surface area contributed by atoms with E-state index in [1.165, 1.54) is 18.2 Å². The van der Waals surface area contributed by atoms with E-state index in [0.717, 1.165) is 0 Å². The summed E-state index contributed by atoms with van der Waals surface area (Å²) in [5.41, 5.74) is 11.4. The number of carbonyl (C=O) groups is 3. The van der Waals surface area contributed by atoms with Crippen molar-refractivity contribution in [2.24, 2.45) is 16.5 Å². The zero-order chi connectivity index (χ0) is 23.1. The molecule has 31 heavy (non-hydrogen) atoms. The molecule has 2 aromatic carbocycles. The Morgan fingerprint density at radius 2 is 1.84 bits per heavy atom. The number of carboxylic acid groups (broad SMARTS) is 1. The Morgan fingerprint density at radius 3 is 2.48 bits per heavy atom.